The fourth-order valence-corrected chi connectivity index (χ4v) is 2.09. The second-order valence-electron chi connectivity index (χ2n) is 4.50. The molecule has 0 radical (unpaired) electrons. The van der Waals surface area contributed by atoms with Gasteiger partial charge in [-0.3, -0.25) is 0 Å². The normalized spacial score (nSPS) is 19.1. The van der Waals surface area contributed by atoms with Crippen molar-refractivity contribution in [2.45, 2.75) is 31.7 Å². The van der Waals surface area contributed by atoms with Gasteiger partial charge in [-0.25, -0.2) is 4.79 Å². The van der Waals surface area contributed by atoms with Crippen LogP contribution in [0.15, 0.2) is 24.3 Å². The van der Waals surface area contributed by atoms with Crippen LogP contribution in [0.1, 0.15) is 30.9 Å². The van der Waals surface area contributed by atoms with Crippen LogP contribution >= 0.6 is 0 Å². The number of benzene rings is 1. The molecular weight excluding hydrogens is 202 g/mol. The van der Waals surface area contributed by atoms with Crippen molar-refractivity contribution in [3.63, 3.8) is 0 Å². The van der Waals surface area contributed by atoms with E-state index in [4.69, 9.17) is 5.73 Å². The molecule has 86 valence electrons. The van der Waals surface area contributed by atoms with Crippen molar-refractivity contribution >= 4 is 5.97 Å². The monoisotopic (exact) mass is 219 g/mol. The van der Waals surface area contributed by atoms with Gasteiger partial charge >= 0.3 is 5.97 Å². The largest absolute Gasteiger partial charge is 0.480 e. The molecule has 0 aromatic heterocycles. The van der Waals surface area contributed by atoms with Crippen LogP contribution in [0.25, 0.3) is 0 Å². The first-order chi connectivity index (χ1) is 7.59. The third-order valence-electron chi connectivity index (χ3n) is 3.42. The van der Waals surface area contributed by atoms with Crippen LogP contribution in [-0.2, 0) is 16.8 Å². The Morgan fingerprint density at radius 2 is 2.00 bits per heavy atom. The predicted molar refractivity (Wildman–Crippen MR) is 62.0 cm³/mol. The molecule has 0 aliphatic heterocycles. The quantitative estimate of drug-likeness (QED) is 0.813. The number of rotatable bonds is 4. The first-order valence-corrected chi connectivity index (χ1v) is 5.70. The van der Waals surface area contributed by atoms with Gasteiger partial charge in [-0.05, 0) is 36.3 Å². The molecule has 16 heavy (non-hydrogen) atoms. The lowest BCUT2D eigenvalue weighted by molar-refractivity contribution is -0.144. The van der Waals surface area contributed by atoms with Crippen LogP contribution in [0.5, 0.6) is 0 Å². The number of carboxylic acids is 1. The molecule has 0 heterocycles. The fraction of sp³-hybridized carbons (Fsp3) is 0.462. The van der Waals surface area contributed by atoms with Crippen LogP contribution in [0.3, 0.4) is 0 Å². The molecule has 1 atom stereocenters. The molecule has 1 aromatic rings. The highest BCUT2D eigenvalue weighted by atomic mass is 16.4. The van der Waals surface area contributed by atoms with Crippen LogP contribution in [0, 0.1) is 5.92 Å². The average Bonchev–Trinajstić information content (AvgIpc) is 3.12. The molecule has 0 saturated heterocycles. The van der Waals surface area contributed by atoms with Gasteiger partial charge in [-0.2, -0.15) is 0 Å². The molecule has 1 aliphatic rings. The highest BCUT2D eigenvalue weighted by molar-refractivity contribution is 5.81. The van der Waals surface area contributed by atoms with Crippen LogP contribution in [0.4, 0.5) is 0 Å². The van der Waals surface area contributed by atoms with Gasteiger partial charge in [0.25, 0.3) is 0 Å². The SMILES string of the molecule is CCc1ccc(C(N)(C(=O)O)C2CC2)cc1. The third-order valence-corrected chi connectivity index (χ3v) is 3.42. The first-order valence-electron chi connectivity index (χ1n) is 5.70. The Morgan fingerprint density at radius 3 is 2.38 bits per heavy atom. The molecule has 0 bridgehead atoms. The molecule has 0 spiro atoms. The van der Waals surface area contributed by atoms with Crippen molar-refractivity contribution in [1.29, 1.82) is 0 Å². The smallest absolute Gasteiger partial charge is 0.328 e. The van der Waals surface area contributed by atoms with Gasteiger partial charge < -0.3 is 10.8 Å². The summed E-state index contributed by atoms with van der Waals surface area (Å²) in [5.41, 5.74) is 6.79. The lowest BCUT2D eigenvalue weighted by Gasteiger charge is -2.25. The van der Waals surface area contributed by atoms with E-state index in [1.165, 1.54) is 5.56 Å². The van der Waals surface area contributed by atoms with Gasteiger partial charge in [0, 0.05) is 0 Å². The molecule has 1 saturated carbocycles. The minimum absolute atomic E-state index is 0.0949. The molecule has 1 fully saturated rings. The summed E-state index contributed by atoms with van der Waals surface area (Å²) < 4.78 is 0. The number of carbonyl (C=O) groups is 1. The lowest BCUT2D eigenvalue weighted by Crippen LogP contribution is -2.47. The minimum atomic E-state index is -1.19. The van der Waals surface area contributed by atoms with E-state index >= 15 is 0 Å². The van der Waals surface area contributed by atoms with Crippen molar-refractivity contribution in [2.24, 2.45) is 11.7 Å². The van der Waals surface area contributed by atoms with E-state index in [-0.39, 0.29) is 5.92 Å². The van der Waals surface area contributed by atoms with E-state index in [1.54, 1.807) is 0 Å². The van der Waals surface area contributed by atoms with E-state index in [9.17, 15) is 9.90 Å². The van der Waals surface area contributed by atoms with E-state index in [2.05, 4.69) is 6.92 Å². The maximum absolute atomic E-state index is 11.3. The Morgan fingerprint density at radius 1 is 1.44 bits per heavy atom. The average molecular weight is 219 g/mol. The van der Waals surface area contributed by atoms with Gasteiger partial charge in [-0.15, -0.1) is 0 Å². The molecule has 1 aromatic carbocycles. The maximum Gasteiger partial charge on any atom is 0.328 e. The van der Waals surface area contributed by atoms with Crippen LogP contribution < -0.4 is 5.73 Å². The Hall–Kier alpha value is -1.35. The number of hydrogen-bond donors (Lipinski definition) is 2. The van der Waals surface area contributed by atoms with E-state index < -0.39 is 11.5 Å². The fourth-order valence-electron chi connectivity index (χ4n) is 2.09. The molecule has 2 rings (SSSR count). The Balaban J connectivity index is 2.35. The summed E-state index contributed by atoms with van der Waals surface area (Å²) in [7, 11) is 0. The molecule has 3 heteroatoms. The number of aryl methyl sites for hydroxylation is 1. The number of aliphatic carboxylic acids is 1. The second kappa shape index (κ2) is 3.91. The summed E-state index contributed by atoms with van der Waals surface area (Å²) in [5.74, 6) is -0.822. The van der Waals surface area contributed by atoms with Gasteiger partial charge in [-0.1, -0.05) is 31.2 Å². The maximum atomic E-state index is 11.3. The number of carboxylic acid groups (broad SMARTS) is 1. The predicted octanol–water partition coefficient (Wildman–Crippen LogP) is 1.90. The summed E-state index contributed by atoms with van der Waals surface area (Å²) >= 11 is 0. The number of nitrogens with two attached hydrogens (primary N) is 1. The summed E-state index contributed by atoms with van der Waals surface area (Å²) in [4.78, 5) is 11.3. The van der Waals surface area contributed by atoms with Crippen LogP contribution in [0.2, 0.25) is 0 Å². The molecular formula is C13H17NO2. The summed E-state index contributed by atoms with van der Waals surface area (Å²) in [6.45, 7) is 2.07. The van der Waals surface area contributed by atoms with Crippen LogP contribution in [-0.4, -0.2) is 11.1 Å². The van der Waals surface area contributed by atoms with Gasteiger partial charge in [0.15, 0.2) is 0 Å². The molecule has 1 unspecified atom stereocenters. The molecule has 3 N–H and O–H groups in total. The standard InChI is InChI=1S/C13H17NO2/c1-2-9-3-5-10(6-4-9)13(14,12(15)16)11-7-8-11/h3-6,11H,2,7-8,14H2,1H3,(H,15,16). The van der Waals surface area contributed by atoms with E-state index in [0.29, 0.717) is 0 Å². The third kappa shape index (κ3) is 1.71. The second-order valence-corrected chi connectivity index (χ2v) is 4.50. The molecule has 3 nitrogen and oxygen atoms in total. The lowest BCUT2D eigenvalue weighted by atomic mass is 9.85. The van der Waals surface area contributed by atoms with Crippen molar-refractivity contribution in [3.8, 4) is 0 Å². The Kier molecular flexibility index (Phi) is 2.72. The summed E-state index contributed by atoms with van der Waals surface area (Å²) in [6, 6.07) is 7.63. The Labute approximate surface area is 95.3 Å². The zero-order valence-corrected chi connectivity index (χ0v) is 9.44. The zero-order chi connectivity index (χ0) is 11.8. The van der Waals surface area contributed by atoms with Crippen molar-refractivity contribution < 1.29 is 9.90 Å². The van der Waals surface area contributed by atoms with Crippen molar-refractivity contribution in [1.82, 2.24) is 0 Å². The van der Waals surface area contributed by atoms with Gasteiger partial charge in [0.05, 0.1) is 0 Å². The first kappa shape index (κ1) is 11.1. The molecule has 1 aliphatic carbocycles. The van der Waals surface area contributed by atoms with Gasteiger partial charge in [0.2, 0.25) is 0 Å². The minimum Gasteiger partial charge on any atom is -0.480 e. The van der Waals surface area contributed by atoms with E-state index in [0.717, 1.165) is 24.8 Å². The van der Waals surface area contributed by atoms with Gasteiger partial charge in [0.1, 0.15) is 5.54 Å². The molecule has 0 amide bonds. The van der Waals surface area contributed by atoms with E-state index in [1.807, 2.05) is 24.3 Å². The highest BCUT2D eigenvalue weighted by Gasteiger charge is 2.49. The highest BCUT2D eigenvalue weighted by Crippen LogP contribution is 2.44. The van der Waals surface area contributed by atoms with Crippen molar-refractivity contribution in [3.05, 3.63) is 35.4 Å². The van der Waals surface area contributed by atoms with Crippen molar-refractivity contribution in [2.75, 3.05) is 0 Å². The zero-order valence-electron chi connectivity index (χ0n) is 9.44. The topological polar surface area (TPSA) is 63.3 Å². The Bertz CT molecular complexity index is 395. The number of hydrogen-bond acceptors (Lipinski definition) is 2. The summed E-state index contributed by atoms with van der Waals surface area (Å²) in [5, 5.41) is 9.30. The summed E-state index contributed by atoms with van der Waals surface area (Å²) in [6.07, 6.45) is 2.78.